The van der Waals surface area contributed by atoms with Gasteiger partial charge in [-0.25, -0.2) is 12.8 Å². The van der Waals surface area contributed by atoms with Crippen LogP contribution in [0.15, 0.2) is 77.7 Å². The van der Waals surface area contributed by atoms with E-state index in [2.05, 4.69) is 5.32 Å². The zero-order chi connectivity index (χ0) is 31.0. The maximum Gasteiger partial charge on any atom is 0.264 e. The van der Waals surface area contributed by atoms with Crippen LogP contribution in [0.25, 0.3) is 0 Å². The second-order valence-corrected chi connectivity index (χ2v) is 12.8. The van der Waals surface area contributed by atoms with Gasteiger partial charge in [-0.1, -0.05) is 56.0 Å². The highest BCUT2D eigenvalue weighted by Crippen LogP contribution is 2.27. The Morgan fingerprint density at radius 3 is 2.28 bits per heavy atom. The lowest BCUT2D eigenvalue weighted by molar-refractivity contribution is -0.140. The number of methoxy groups -OCH3 is 1. The van der Waals surface area contributed by atoms with Gasteiger partial charge in [-0.3, -0.25) is 13.9 Å². The predicted octanol–water partition coefficient (Wildman–Crippen LogP) is 5.59. The second-order valence-electron chi connectivity index (χ2n) is 10.9. The molecule has 1 unspecified atom stereocenters. The van der Waals surface area contributed by atoms with E-state index in [0.717, 1.165) is 59.7 Å². The molecule has 1 atom stereocenters. The SMILES string of the molecule is CCC(C(=O)NC1CCCCC1)N(Cc1cccc(C)c1)C(=O)CN(c1ccc(F)cc1)S(=O)(=O)c1ccc(OC)cc1. The van der Waals surface area contributed by atoms with Crippen LogP contribution in [0.4, 0.5) is 10.1 Å². The number of benzene rings is 3. The number of hydrogen-bond donors (Lipinski definition) is 1. The number of sulfonamides is 1. The summed E-state index contributed by atoms with van der Waals surface area (Å²) in [6.45, 7) is 3.32. The van der Waals surface area contributed by atoms with Gasteiger partial charge in [0.25, 0.3) is 10.0 Å². The van der Waals surface area contributed by atoms with Crippen LogP contribution in [-0.4, -0.2) is 50.9 Å². The number of carbonyl (C=O) groups is 2. The number of rotatable bonds is 12. The summed E-state index contributed by atoms with van der Waals surface area (Å²) in [7, 11) is -2.79. The van der Waals surface area contributed by atoms with Crippen LogP contribution in [0.5, 0.6) is 5.75 Å². The minimum Gasteiger partial charge on any atom is -0.497 e. The quantitative estimate of drug-likeness (QED) is 0.289. The largest absolute Gasteiger partial charge is 0.497 e. The normalized spacial score (nSPS) is 14.5. The predicted molar refractivity (Wildman–Crippen MR) is 165 cm³/mol. The van der Waals surface area contributed by atoms with Crippen molar-refractivity contribution >= 4 is 27.5 Å². The molecular formula is C33H40FN3O5S. The van der Waals surface area contributed by atoms with E-state index in [4.69, 9.17) is 4.74 Å². The monoisotopic (exact) mass is 609 g/mol. The number of amides is 2. The maximum absolute atomic E-state index is 14.2. The van der Waals surface area contributed by atoms with Gasteiger partial charge < -0.3 is 15.0 Å². The summed E-state index contributed by atoms with van der Waals surface area (Å²) >= 11 is 0. The number of aryl methyl sites for hydroxylation is 1. The van der Waals surface area contributed by atoms with E-state index in [1.165, 1.54) is 48.4 Å². The van der Waals surface area contributed by atoms with E-state index in [1.807, 2.05) is 38.1 Å². The fourth-order valence-electron chi connectivity index (χ4n) is 5.48. The Hall–Kier alpha value is -3.92. The minimum atomic E-state index is -4.27. The first kappa shape index (κ1) is 32.0. The van der Waals surface area contributed by atoms with Crippen molar-refractivity contribution in [1.29, 1.82) is 0 Å². The third-order valence-corrected chi connectivity index (χ3v) is 9.60. The average molecular weight is 610 g/mol. The molecule has 0 bridgehead atoms. The lowest BCUT2D eigenvalue weighted by atomic mass is 9.95. The molecular weight excluding hydrogens is 569 g/mol. The molecule has 4 rings (SSSR count). The zero-order valence-corrected chi connectivity index (χ0v) is 25.8. The Morgan fingerprint density at radius 2 is 1.67 bits per heavy atom. The van der Waals surface area contributed by atoms with Crippen molar-refractivity contribution in [2.24, 2.45) is 0 Å². The van der Waals surface area contributed by atoms with E-state index in [-0.39, 0.29) is 29.1 Å². The highest BCUT2D eigenvalue weighted by Gasteiger charge is 2.34. The molecule has 0 spiro atoms. The average Bonchev–Trinajstić information content (AvgIpc) is 3.00. The molecule has 0 aromatic heterocycles. The topological polar surface area (TPSA) is 96.0 Å². The van der Waals surface area contributed by atoms with Crippen LogP contribution in [0.1, 0.15) is 56.6 Å². The van der Waals surface area contributed by atoms with Crippen molar-refractivity contribution < 1.29 is 27.1 Å². The summed E-state index contributed by atoms with van der Waals surface area (Å²) < 4.78 is 47.9. The van der Waals surface area contributed by atoms with Gasteiger partial charge in [0, 0.05) is 12.6 Å². The molecule has 1 saturated carbocycles. The molecule has 3 aromatic rings. The summed E-state index contributed by atoms with van der Waals surface area (Å²) in [6.07, 6.45) is 5.37. The van der Waals surface area contributed by atoms with Gasteiger partial charge in [0.05, 0.1) is 17.7 Å². The summed E-state index contributed by atoms with van der Waals surface area (Å²) in [6, 6.07) is 17.7. The van der Waals surface area contributed by atoms with E-state index in [1.54, 1.807) is 0 Å². The third kappa shape index (κ3) is 8.13. The molecule has 0 saturated heterocycles. The number of nitrogens with zero attached hydrogens (tertiary/aromatic N) is 2. The first-order valence-corrected chi connectivity index (χ1v) is 16.1. The van der Waals surface area contributed by atoms with Crippen molar-refractivity contribution in [2.75, 3.05) is 18.0 Å². The molecule has 1 aliphatic carbocycles. The van der Waals surface area contributed by atoms with Gasteiger partial charge >= 0.3 is 0 Å². The highest BCUT2D eigenvalue weighted by molar-refractivity contribution is 7.92. The van der Waals surface area contributed by atoms with Crippen molar-refractivity contribution in [2.45, 2.75) is 75.9 Å². The summed E-state index contributed by atoms with van der Waals surface area (Å²) in [5, 5.41) is 3.14. The summed E-state index contributed by atoms with van der Waals surface area (Å²) in [4.78, 5) is 29.2. The molecule has 3 aromatic carbocycles. The summed E-state index contributed by atoms with van der Waals surface area (Å²) in [5.41, 5.74) is 1.95. The van der Waals surface area contributed by atoms with Crippen molar-refractivity contribution in [1.82, 2.24) is 10.2 Å². The van der Waals surface area contributed by atoms with Gasteiger partial charge in [-0.15, -0.1) is 0 Å². The molecule has 230 valence electrons. The van der Waals surface area contributed by atoms with Crippen molar-refractivity contribution in [3.63, 3.8) is 0 Å². The van der Waals surface area contributed by atoms with Crippen LogP contribution in [0, 0.1) is 12.7 Å². The highest BCUT2D eigenvalue weighted by atomic mass is 32.2. The van der Waals surface area contributed by atoms with Crippen LogP contribution >= 0.6 is 0 Å². The van der Waals surface area contributed by atoms with Crippen molar-refractivity contribution in [3.05, 3.63) is 89.7 Å². The third-order valence-electron chi connectivity index (χ3n) is 7.81. The molecule has 1 fully saturated rings. The van der Waals surface area contributed by atoms with Crippen LogP contribution in [-0.2, 0) is 26.2 Å². The molecule has 10 heteroatoms. The van der Waals surface area contributed by atoms with Crippen LogP contribution in [0.3, 0.4) is 0 Å². The van der Waals surface area contributed by atoms with E-state index < -0.39 is 34.3 Å². The van der Waals surface area contributed by atoms with Crippen LogP contribution in [0.2, 0.25) is 0 Å². The van der Waals surface area contributed by atoms with E-state index >= 15 is 0 Å². The zero-order valence-electron chi connectivity index (χ0n) is 25.0. The number of ether oxygens (including phenoxy) is 1. The Balaban J connectivity index is 1.70. The summed E-state index contributed by atoms with van der Waals surface area (Å²) in [5.74, 6) is -0.860. The Bertz CT molecular complexity index is 1490. The fraction of sp³-hybridized carbons (Fsp3) is 0.394. The Kier molecular flexibility index (Phi) is 10.8. The molecule has 2 amide bonds. The van der Waals surface area contributed by atoms with Crippen molar-refractivity contribution in [3.8, 4) is 5.75 Å². The molecule has 0 radical (unpaired) electrons. The van der Waals surface area contributed by atoms with Gasteiger partial charge in [0.15, 0.2) is 0 Å². The Morgan fingerprint density at radius 1 is 1.00 bits per heavy atom. The number of hydrogen-bond acceptors (Lipinski definition) is 5. The molecule has 1 N–H and O–H groups in total. The maximum atomic E-state index is 14.2. The first-order valence-electron chi connectivity index (χ1n) is 14.7. The molecule has 1 aliphatic rings. The first-order chi connectivity index (χ1) is 20.6. The lowest BCUT2D eigenvalue weighted by Crippen LogP contribution is -2.54. The molecule has 8 nitrogen and oxygen atoms in total. The fourth-order valence-corrected chi connectivity index (χ4v) is 6.90. The van der Waals surface area contributed by atoms with E-state index in [0.29, 0.717) is 12.2 Å². The molecule has 0 aliphatic heterocycles. The number of nitrogens with one attached hydrogen (secondary N) is 1. The van der Waals surface area contributed by atoms with Gasteiger partial charge in [-0.05, 0) is 80.3 Å². The number of anilines is 1. The number of carbonyl (C=O) groups excluding carboxylic acids is 2. The lowest BCUT2D eigenvalue weighted by Gasteiger charge is -2.34. The van der Waals surface area contributed by atoms with E-state index in [9.17, 15) is 22.4 Å². The molecule has 43 heavy (non-hydrogen) atoms. The van der Waals surface area contributed by atoms with Gasteiger partial charge in [0.2, 0.25) is 11.8 Å². The minimum absolute atomic E-state index is 0.0531. The number of halogens is 1. The Labute approximate surface area is 253 Å². The van der Waals surface area contributed by atoms with Crippen LogP contribution < -0.4 is 14.4 Å². The molecule has 0 heterocycles. The van der Waals surface area contributed by atoms with Gasteiger partial charge in [-0.2, -0.15) is 0 Å². The smallest absolute Gasteiger partial charge is 0.264 e. The second kappa shape index (κ2) is 14.5. The van der Waals surface area contributed by atoms with Gasteiger partial charge in [0.1, 0.15) is 24.2 Å². The standard InChI is InChI=1S/C33H40FN3O5S/c1-4-31(33(39)35-27-11-6-5-7-12-27)36(22-25-10-8-9-24(2)21-25)32(38)23-37(28-15-13-26(34)14-16-28)43(40,41)30-19-17-29(42-3)18-20-30/h8-10,13-21,27,31H,4-7,11-12,22-23H2,1-3H3,(H,35,39).